The van der Waals surface area contributed by atoms with Crippen LogP contribution in [0.2, 0.25) is 0 Å². The van der Waals surface area contributed by atoms with E-state index in [2.05, 4.69) is 0 Å². The van der Waals surface area contributed by atoms with Crippen LogP contribution in [0.1, 0.15) is 47.1 Å². The molecule has 0 aromatic heterocycles. The van der Waals surface area contributed by atoms with Gasteiger partial charge in [-0.3, -0.25) is 8.98 Å². The third-order valence-corrected chi connectivity index (χ3v) is 7.99. The molecular weight excluding hydrogens is 490 g/mol. The van der Waals surface area contributed by atoms with Gasteiger partial charge in [0.2, 0.25) is 0 Å². The summed E-state index contributed by atoms with van der Waals surface area (Å²) in [4.78, 5) is 15.1. The normalized spacial score (nSPS) is 31.8. The molecular formula is C25H37NO9S. The van der Waals surface area contributed by atoms with E-state index in [-0.39, 0.29) is 11.5 Å². The van der Waals surface area contributed by atoms with E-state index in [1.165, 1.54) is 17.0 Å². The van der Waals surface area contributed by atoms with Gasteiger partial charge in [0, 0.05) is 13.1 Å². The van der Waals surface area contributed by atoms with Crippen molar-refractivity contribution in [3.63, 3.8) is 0 Å². The van der Waals surface area contributed by atoms with Gasteiger partial charge in [-0.15, -0.1) is 0 Å². The van der Waals surface area contributed by atoms with Gasteiger partial charge in [0.25, 0.3) is 16.0 Å². The summed E-state index contributed by atoms with van der Waals surface area (Å²) < 4.78 is 63.0. The second kappa shape index (κ2) is 9.94. The lowest BCUT2D eigenvalue weighted by molar-refractivity contribution is -0.351. The molecule has 4 rings (SSSR count). The van der Waals surface area contributed by atoms with Gasteiger partial charge in [0.1, 0.15) is 30.5 Å². The van der Waals surface area contributed by atoms with Crippen molar-refractivity contribution in [2.45, 2.75) is 102 Å². The molecule has 3 fully saturated rings. The first-order valence-corrected chi connectivity index (χ1v) is 13.8. The van der Waals surface area contributed by atoms with Gasteiger partial charge in [-0.1, -0.05) is 17.7 Å². The Hall–Kier alpha value is -1.60. The van der Waals surface area contributed by atoms with Crippen molar-refractivity contribution in [1.29, 1.82) is 0 Å². The summed E-state index contributed by atoms with van der Waals surface area (Å²) in [6.45, 7) is 13.5. The van der Waals surface area contributed by atoms with Crippen LogP contribution < -0.4 is 0 Å². The van der Waals surface area contributed by atoms with E-state index in [1.807, 2.05) is 20.8 Å². The zero-order valence-electron chi connectivity index (χ0n) is 21.9. The maximum Gasteiger partial charge on any atom is 0.297 e. The van der Waals surface area contributed by atoms with Crippen LogP contribution in [0, 0.1) is 6.92 Å². The molecule has 0 N–H and O–H groups in total. The molecule has 0 saturated carbocycles. The van der Waals surface area contributed by atoms with E-state index < -0.39 is 64.2 Å². The SMILES string of the molecule is CCN(CC)C(=O)[C@H](OS(=O)(=O)c1ccc(C)cc1)[C@@H]1O[C@@H]2COC(C)(C)O[C@H]2[C@@H]2OC(C)(C)O[C@@H]21. The van der Waals surface area contributed by atoms with Crippen LogP contribution in [0.25, 0.3) is 0 Å². The predicted octanol–water partition coefficient (Wildman–Crippen LogP) is 2.38. The maximum absolute atomic E-state index is 13.7. The minimum absolute atomic E-state index is 0.0503. The van der Waals surface area contributed by atoms with Crippen LogP contribution in [0.3, 0.4) is 0 Å². The Kier molecular flexibility index (Phi) is 7.57. The van der Waals surface area contributed by atoms with Crippen LogP contribution in [0.4, 0.5) is 0 Å². The maximum atomic E-state index is 13.7. The van der Waals surface area contributed by atoms with Gasteiger partial charge in [-0.25, -0.2) is 0 Å². The van der Waals surface area contributed by atoms with Crippen LogP contribution in [0.15, 0.2) is 29.2 Å². The fourth-order valence-electron chi connectivity index (χ4n) is 4.91. The lowest BCUT2D eigenvalue weighted by Crippen LogP contribution is -2.67. The number of hydrogen-bond donors (Lipinski definition) is 0. The molecule has 36 heavy (non-hydrogen) atoms. The fourth-order valence-corrected chi connectivity index (χ4v) is 5.95. The Morgan fingerprint density at radius 3 is 2.19 bits per heavy atom. The highest BCUT2D eigenvalue weighted by Crippen LogP contribution is 2.43. The number of aryl methyl sites for hydroxylation is 1. The van der Waals surface area contributed by atoms with Crippen molar-refractivity contribution >= 4 is 16.0 Å². The molecule has 1 amide bonds. The number of amides is 1. The summed E-state index contributed by atoms with van der Waals surface area (Å²) in [5, 5.41) is 0. The number of rotatable bonds is 7. The number of nitrogens with zero attached hydrogens (tertiary/aromatic N) is 1. The second-order valence-electron chi connectivity index (χ2n) is 10.3. The molecule has 202 valence electrons. The third-order valence-electron chi connectivity index (χ3n) is 6.68. The first-order chi connectivity index (χ1) is 16.8. The van der Waals surface area contributed by atoms with E-state index in [0.29, 0.717) is 13.1 Å². The predicted molar refractivity (Wildman–Crippen MR) is 129 cm³/mol. The van der Waals surface area contributed by atoms with Crippen molar-refractivity contribution in [3.05, 3.63) is 29.8 Å². The molecule has 3 saturated heterocycles. The average Bonchev–Trinajstić information content (AvgIpc) is 3.13. The monoisotopic (exact) mass is 527 g/mol. The molecule has 11 heteroatoms. The lowest BCUT2D eigenvalue weighted by atomic mass is 9.91. The van der Waals surface area contributed by atoms with Crippen LogP contribution in [-0.2, 0) is 42.8 Å². The summed E-state index contributed by atoms with van der Waals surface area (Å²) in [7, 11) is -4.31. The highest BCUT2D eigenvalue weighted by atomic mass is 32.2. The molecule has 0 aliphatic carbocycles. The average molecular weight is 528 g/mol. The number of carbonyl (C=O) groups is 1. The van der Waals surface area contributed by atoms with Gasteiger partial charge >= 0.3 is 0 Å². The summed E-state index contributed by atoms with van der Waals surface area (Å²) in [6.07, 6.45) is -5.16. The molecule has 1 aromatic rings. The number of ether oxygens (including phenoxy) is 5. The highest BCUT2D eigenvalue weighted by Gasteiger charge is 2.61. The van der Waals surface area contributed by atoms with E-state index in [4.69, 9.17) is 27.9 Å². The quantitative estimate of drug-likeness (QED) is 0.494. The summed E-state index contributed by atoms with van der Waals surface area (Å²) in [5.74, 6) is -2.38. The molecule has 6 atom stereocenters. The smallest absolute Gasteiger partial charge is 0.297 e. The largest absolute Gasteiger partial charge is 0.364 e. The lowest BCUT2D eigenvalue weighted by Gasteiger charge is -2.49. The molecule has 1 aromatic carbocycles. The zero-order valence-corrected chi connectivity index (χ0v) is 22.7. The van der Waals surface area contributed by atoms with Gasteiger partial charge in [0.15, 0.2) is 17.7 Å². The first-order valence-electron chi connectivity index (χ1n) is 12.4. The van der Waals surface area contributed by atoms with Crippen molar-refractivity contribution in [1.82, 2.24) is 4.90 Å². The molecule has 3 aliphatic rings. The number of carbonyl (C=O) groups excluding carboxylic acids is 1. The third kappa shape index (κ3) is 5.47. The minimum Gasteiger partial charge on any atom is -0.364 e. The summed E-state index contributed by atoms with van der Waals surface area (Å²) in [6, 6.07) is 6.24. The van der Waals surface area contributed by atoms with E-state index in [9.17, 15) is 13.2 Å². The van der Waals surface area contributed by atoms with E-state index in [0.717, 1.165) is 5.56 Å². The van der Waals surface area contributed by atoms with Gasteiger partial charge in [0.05, 0.1) is 11.5 Å². The van der Waals surface area contributed by atoms with Crippen molar-refractivity contribution < 1.29 is 41.1 Å². The topological polar surface area (TPSA) is 110 Å². The molecule has 0 spiro atoms. The highest BCUT2D eigenvalue weighted by molar-refractivity contribution is 7.86. The molecule has 10 nitrogen and oxygen atoms in total. The first kappa shape index (κ1) is 27.4. The van der Waals surface area contributed by atoms with Crippen molar-refractivity contribution in [3.8, 4) is 0 Å². The molecule has 0 unspecified atom stereocenters. The minimum atomic E-state index is -4.31. The van der Waals surface area contributed by atoms with Gasteiger partial charge in [-0.2, -0.15) is 8.42 Å². The fraction of sp³-hybridized carbons (Fsp3) is 0.720. The number of hydrogen-bond acceptors (Lipinski definition) is 9. The van der Waals surface area contributed by atoms with Crippen molar-refractivity contribution in [2.24, 2.45) is 0 Å². The van der Waals surface area contributed by atoms with Gasteiger partial charge < -0.3 is 28.6 Å². The summed E-state index contributed by atoms with van der Waals surface area (Å²) >= 11 is 0. The Morgan fingerprint density at radius 2 is 1.58 bits per heavy atom. The standard InChI is InChI=1S/C25H37NO9S/c1-8-26(9-2)23(27)22(35-36(28,29)16-12-10-15(3)11-13-16)19-21-20(33-25(6,7)34-21)18-17(31-19)14-30-24(4,5)32-18/h10-13,17-22H,8-9,14H2,1-7H3/t17-,18-,19-,20+,21-,22-/m1/s1. The molecule has 0 radical (unpaired) electrons. The Morgan fingerprint density at radius 1 is 1.00 bits per heavy atom. The van der Waals surface area contributed by atoms with Crippen LogP contribution in [-0.4, -0.2) is 87.1 Å². The van der Waals surface area contributed by atoms with E-state index >= 15 is 0 Å². The van der Waals surface area contributed by atoms with Crippen molar-refractivity contribution in [2.75, 3.05) is 19.7 Å². The molecule has 0 bridgehead atoms. The Labute approximate surface area is 213 Å². The zero-order chi connectivity index (χ0) is 26.5. The Balaban J connectivity index is 1.72. The van der Waals surface area contributed by atoms with Crippen LogP contribution >= 0.6 is 0 Å². The summed E-state index contributed by atoms with van der Waals surface area (Å²) in [5.41, 5.74) is 0.896. The number of benzene rings is 1. The number of fused-ring (bicyclic) bond motifs is 3. The number of likely N-dealkylation sites (N-methyl/N-ethyl adjacent to an activating group) is 1. The van der Waals surface area contributed by atoms with Crippen LogP contribution in [0.5, 0.6) is 0 Å². The molecule has 3 heterocycles. The van der Waals surface area contributed by atoms with E-state index in [1.54, 1.807) is 39.8 Å². The van der Waals surface area contributed by atoms with Gasteiger partial charge in [-0.05, 0) is 60.6 Å². The Bertz CT molecular complexity index is 1050. The molecule has 3 aliphatic heterocycles. The second-order valence-corrected chi connectivity index (χ2v) is 11.9.